The molecule has 3 aromatic rings. The highest BCUT2D eigenvalue weighted by molar-refractivity contribution is 6.30. The molecule has 6 nitrogen and oxygen atoms in total. The van der Waals surface area contributed by atoms with Crippen molar-refractivity contribution >= 4 is 35.3 Å². The van der Waals surface area contributed by atoms with Crippen molar-refractivity contribution in [2.75, 3.05) is 20.8 Å². The smallest absolute Gasteiger partial charge is 0.336 e. The molecule has 0 N–H and O–H groups in total. The summed E-state index contributed by atoms with van der Waals surface area (Å²) >= 11 is 5.93. The highest BCUT2D eigenvalue weighted by Gasteiger charge is 2.10. The lowest BCUT2D eigenvalue weighted by Crippen LogP contribution is -2.05. The summed E-state index contributed by atoms with van der Waals surface area (Å²) in [5.41, 5.74) is 2.66. The second-order valence-corrected chi connectivity index (χ2v) is 7.62. The molecule has 0 aromatic heterocycles. The number of methoxy groups -OCH3 is 2. The molecule has 178 valence electrons. The number of esters is 1. The first kappa shape index (κ1) is 25.4. The average Bonchev–Trinajstić information content (AvgIpc) is 2.88. The van der Waals surface area contributed by atoms with E-state index in [0.717, 1.165) is 11.1 Å². The minimum absolute atomic E-state index is 0.258. The molecule has 0 radical (unpaired) electrons. The standard InChI is InChI=1S/C28H24ClNO5/c1-4-34-24-12-5-19(16-26(24)32-2)7-14-28(31)35-25-13-6-20(17-27(25)33-3)15-22(18-30)21-8-10-23(29)11-9-21/h5-17H,4H2,1-3H3. The molecule has 7 heteroatoms. The summed E-state index contributed by atoms with van der Waals surface area (Å²) in [7, 11) is 3.03. The van der Waals surface area contributed by atoms with Crippen LogP contribution in [-0.4, -0.2) is 26.8 Å². The van der Waals surface area contributed by atoms with Gasteiger partial charge in [0.1, 0.15) is 0 Å². The summed E-state index contributed by atoms with van der Waals surface area (Å²) in [6.07, 6.45) is 4.66. The predicted molar refractivity (Wildman–Crippen MR) is 137 cm³/mol. The lowest BCUT2D eigenvalue weighted by Gasteiger charge is -2.10. The van der Waals surface area contributed by atoms with Gasteiger partial charge in [-0.3, -0.25) is 0 Å². The van der Waals surface area contributed by atoms with E-state index in [1.165, 1.54) is 13.2 Å². The van der Waals surface area contributed by atoms with Crippen molar-refractivity contribution < 1.29 is 23.7 Å². The van der Waals surface area contributed by atoms with Crippen molar-refractivity contribution in [1.29, 1.82) is 5.26 Å². The van der Waals surface area contributed by atoms with Gasteiger partial charge in [0.05, 0.1) is 32.5 Å². The van der Waals surface area contributed by atoms with Crippen molar-refractivity contribution in [2.45, 2.75) is 6.92 Å². The van der Waals surface area contributed by atoms with Crippen LogP contribution < -0.4 is 18.9 Å². The molecule has 35 heavy (non-hydrogen) atoms. The van der Waals surface area contributed by atoms with Crippen molar-refractivity contribution in [3.05, 3.63) is 88.5 Å². The molecule has 0 aliphatic rings. The highest BCUT2D eigenvalue weighted by atomic mass is 35.5. The van der Waals surface area contributed by atoms with E-state index in [9.17, 15) is 10.1 Å². The number of allylic oxidation sites excluding steroid dienone is 1. The highest BCUT2D eigenvalue weighted by Crippen LogP contribution is 2.31. The van der Waals surface area contributed by atoms with Gasteiger partial charge in [0.15, 0.2) is 23.0 Å². The molecule has 3 rings (SSSR count). The molecule has 0 bridgehead atoms. The molecule has 0 unspecified atom stereocenters. The van der Waals surface area contributed by atoms with Gasteiger partial charge in [0.25, 0.3) is 0 Å². The van der Waals surface area contributed by atoms with Crippen LogP contribution in [0.25, 0.3) is 17.7 Å². The third-order valence-electron chi connectivity index (χ3n) is 4.88. The van der Waals surface area contributed by atoms with Gasteiger partial charge in [0.2, 0.25) is 0 Å². The molecule has 0 saturated heterocycles. The molecular weight excluding hydrogens is 466 g/mol. The SMILES string of the molecule is CCOc1ccc(C=CC(=O)Oc2ccc(C=C(C#N)c3ccc(Cl)cc3)cc2OC)cc1OC. The lowest BCUT2D eigenvalue weighted by atomic mass is 10.0. The van der Waals surface area contributed by atoms with E-state index in [2.05, 4.69) is 6.07 Å². The van der Waals surface area contributed by atoms with Crippen molar-refractivity contribution in [3.63, 3.8) is 0 Å². The van der Waals surface area contributed by atoms with Gasteiger partial charge in [-0.25, -0.2) is 4.79 Å². The number of carbonyl (C=O) groups excluding carboxylic acids is 1. The Hall–Kier alpha value is -4.21. The Balaban J connectivity index is 1.75. The maximum Gasteiger partial charge on any atom is 0.336 e. The minimum Gasteiger partial charge on any atom is -0.493 e. The Bertz CT molecular complexity index is 1290. The topological polar surface area (TPSA) is 77.8 Å². The van der Waals surface area contributed by atoms with Crippen LogP contribution in [0.15, 0.2) is 66.7 Å². The Morgan fingerprint density at radius 1 is 0.914 bits per heavy atom. The summed E-state index contributed by atoms with van der Waals surface area (Å²) in [6.45, 7) is 2.41. The van der Waals surface area contributed by atoms with E-state index in [0.29, 0.717) is 40.0 Å². The number of rotatable bonds is 9. The van der Waals surface area contributed by atoms with Crippen LogP contribution in [0.5, 0.6) is 23.0 Å². The monoisotopic (exact) mass is 489 g/mol. The van der Waals surface area contributed by atoms with Gasteiger partial charge < -0.3 is 18.9 Å². The summed E-state index contributed by atoms with van der Waals surface area (Å²) in [6, 6.07) is 19.6. The van der Waals surface area contributed by atoms with Crippen LogP contribution in [0.2, 0.25) is 5.02 Å². The van der Waals surface area contributed by atoms with Crippen molar-refractivity contribution in [3.8, 4) is 29.1 Å². The maximum atomic E-state index is 12.4. The van der Waals surface area contributed by atoms with Gasteiger partial charge >= 0.3 is 5.97 Å². The van der Waals surface area contributed by atoms with Crippen molar-refractivity contribution in [1.82, 2.24) is 0 Å². The molecular formula is C28H24ClNO5. The number of benzene rings is 3. The zero-order chi connectivity index (χ0) is 25.2. The molecule has 0 saturated carbocycles. The molecule has 0 amide bonds. The molecule has 0 aliphatic carbocycles. The zero-order valence-corrected chi connectivity index (χ0v) is 20.3. The minimum atomic E-state index is -0.571. The van der Waals surface area contributed by atoms with E-state index in [-0.39, 0.29) is 5.75 Å². The molecule has 0 fully saturated rings. The Morgan fingerprint density at radius 2 is 1.54 bits per heavy atom. The summed E-state index contributed by atoms with van der Waals surface area (Å²) in [4.78, 5) is 12.4. The van der Waals surface area contributed by atoms with Gasteiger partial charge in [-0.2, -0.15) is 5.26 Å². The Kier molecular flexibility index (Phi) is 8.94. The van der Waals surface area contributed by atoms with E-state index < -0.39 is 5.97 Å². The van der Waals surface area contributed by atoms with E-state index in [4.69, 9.17) is 30.5 Å². The number of hydrogen-bond acceptors (Lipinski definition) is 6. The van der Waals surface area contributed by atoms with Crippen LogP contribution in [-0.2, 0) is 4.79 Å². The van der Waals surface area contributed by atoms with Crippen molar-refractivity contribution in [2.24, 2.45) is 0 Å². The average molecular weight is 490 g/mol. The van der Waals surface area contributed by atoms with E-state index in [1.807, 2.05) is 13.0 Å². The van der Waals surface area contributed by atoms with Crippen LogP contribution in [0, 0.1) is 11.3 Å². The first-order valence-corrected chi connectivity index (χ1v) is 11.1. The molecule has 0 atom stereocenters. The van der Waals surface area contributed by atoms with Crippen LogP contribution in [0.3, 0.4) is 0 Å². The van der Waals surface area contributed by atoms with E-state index >= 15 is 0 Å². The van der Waals surface area contributed by atoms with Gasteiger partial charge in [-0.15, -0.1) is 0 Å². The largest absolute Gasteiger partial charge is 0.493 e. The lowest BCUT2D eigenvalue weighted by molar-refractivity contribution is -0.129. The third kappa shape index (κ3) is 6.89. The number of halogens is 1. The Labute approximate surface area is 209 Å². The summed E-state index contributed by atoms with van der Waals surface area (Å²) in [5, 5.41) is 10.2. The number of hydrogen-bond donors (Lipinski definition) is 0. The van der Waals surface area contributed by atoms with Crippen LogP contribution in [0.4, 0.5) is 0 Å². The number of ether oxygens (including phenoxy) is 4. The first-order chi connectivity index (χ1) is 17.0. The fourth-order valence-electron chi connectivity index (χ4n) is 3.20. The second-order valence-electron chi connectivity index (χ2n) is 7.18. The van der Waals surface area contributed by atoms with Gasteiger partial charge in [-0.05, 0) is 72.2 Å². The molecule has 3 aromatic carbocycles. The fraction of sp³-hybridized carbons (Fsp3) is 0.143. The summed E-state index contributed by atoms with van der Waals surface area (Å²) < 4.78 is 21.7. The Morgan fingerprint density at radius 3 is 2.20 bits per heavy atom. The number of nitrogens with zero attached hydrogens (tertiary/aromatic N) is 1. The normalized spacial score (nSPS) is 11.1. The molecule has 0 heterocycles. The number of nitriles is 1. The third-order valence-corrected chi connectivity index (χ3v) is 5.14. The molecule has 0 spiro atoms. The maximum absolute atomic E-state index is 12.4. The second kappa shape index (κ2) is 12.3. The quantitative estimate of drug-likeness (QED) is 0.113. The number of carbonyl (C=O) groups is 1. The fourth-order valence-corrected chi connectivity index (χ4v) is 3.33. The van der Waals surface area contributed by atoms with Crippen LogP contribution >= 0.6 is 11.6 Å². The van der Waals surface area contributed by atoms with Gasteiger partial charge in [0, 0.05) is 11.1 Å². The predicted octanol–water partition coefficient (Wildman–Crippen LogP) is 6.44. The van der Waals surface area contributed by atoms with Gasteiger partial charge in [-0.1, -0.05) is 35.9 Å². The first-order valence-electron chi connectivity index (χ1n) is 10.7. The molecule has 0 aliphatic heterocycles. The van der Waals surface area contributed by atoms with Crippen LogP contribution in [0.1, 0.15) is 23.6 Å². The zero-order valence-electron chi connectivity index (χ0n) is 19.6. The summed E-state index contributed by atoms with van der Waals surface area (Å²) in [5.74, 6) is 1.25. The van der Waals surface area contributed by atoms with E-state index in [1.54, 1.807) is 73.9 Å².